The molecule has 0 spiro atoms. The van der Waals surface area contributed by atoms with Crippen molar-refractivity contribution < 1.29 is 23.9 Å². The molecule has 0 radical (unpaired) electrons. The molecular formula is C19H32N4O5S. The fourth-order valence-electron chi connectivity index (χ4n) is 2.92. The van der Waals surface area contributed by atoms with Gasteiger partial charge in [0.15, 0.2) is 0 Å². The largest absolute Gasteiger partial charge is 0.444 e. The maximum atomic E-state index is 12.7. The van der Waals surface area contributed by atoms with Crippen LogP contribution in [-0.2, 0) is 19.1 Å². The minimum Gasteiger partial charge on any atom is -0.444 e. The Morgan fingerprint density at radius 1 is 1.17 bits per heavy atom. The fraction of sp³-hybridized carbons (Fsp3) is 0.789. The molecule has 0 bridgehead atoms. The zero-order valence-corrected chi connectivity index (χ0v) is 18.4. The monoisotopic (exact) mass is 428 g/mol. The third kappa shape index (κ3) is 7.75. The Bertz CT molecular complexity index is 633. The molecule has 0 aromatic carbocycles. The summed E-state index contributed by atoms with van der Waals surface area (Å²) in [7, 11) is 0. The molecule has 4 amide bonds. The number of alkyl carbamates (subject to hydrolysis) is 1. The molecule has 1 aliphatic heterocycles. The van der Waals surface area contributed by atoms with Gasteiger partial charge in [0.2, 0.25) is 11.8 Å². The number of nitrogens with one attached hydrogen (secondary N) is 3. The van der Waals surface area contributed by atoms with Crippen molar-refractivity contribution in [1.82, 2.24) is 20.3 Å². The van der Waals surface area contributed by atoms with Gasteiger partial charge in [-0.1, -0.05) is 6.92 Å². The average Bonchev–Trinajstić information content (AvgIpc) is 3.34. The minimum atomic E-state index is -0.679. The van der Waals surface area contributed by atoms with E-state index in [9.17, 15) is 19.2 Å². The third-order valence-corrected chi connectivity index (χ3v) is 5.67. The molecule has 164 valence electrons. The number of hydrogen-bond donors (Lipinski definition) is 3. The van der Waals surface area contributed by atoms with Crippen LogP contribution in [0.1, 0.15) is 59.8 Å². The highest BCUT2D eigenvalue weighted by atomic mass is 32.2. The number of ether oxygens (including phenoxy) is 1. The van der Waals surface area contributed by atoms with E-state index >= 15 is 0 Å². The molecule has 1 saturated heterocycles. The lowest BCUT2D eigenvalue weighted by molar-refractivity contribution is -0.138. The molecule has 10 heteroatoms. The van der Waals surface area contributed by atoms with E-state index in [0.717, 1.165) is 12.8 Å². The van der Waals surface area contributed by atoms with Gasteiger partial charge in [-0.15, -0.1) is 0 Å². The van der Waals surface area contributed by atoms with Gasteiger partial charge in [-0.3, -0.25) is 19.1 Å². The van der Waals surface area contributed by atoms with E-state index in [1.807, 2.05) is 6.92 Å². The van der Waals surface area contributed by atoms with Crippen LogP contribution >= 0.6 is 11.9 Å². The van der Waals surface area contributed by atoms with Crippen LogP contribution in [0, 0.1) is 0 Å². The number of likely N-dealkylation sites (tertiary alicyclic amines) is 1. The maximum Gasteiger partial charge on any atom is 0.408 e. The van der Waals surface area contributed by atoms with Crippen molar-refractivity contribution in [2.75, 3.05) is 13.1 Å². The Labute approximate surface area is 176 Å². The van der Waals surface area contributed by atoms with Gasteiger partial charge in [-0.2, -0.15) is 0 Å². The second-order valence-corrected chi connectivity index (χ2v) is 9.46. The molecule has 0 aromatic heterocycles. The summed E-state index contributed by atoms with van der Waals surface area (Å²) in [6.07, 6.45) is 3.20. The summed E-state index contributed by atoms with van der Waals surface area (Å²) < 4.78 is 7.91. The molecule has 2 fully saturated rings. The van der Waals surface area contributed by atoms with E-state index in [0.29, 0.717) is 31.1 Å². The normalized spacial score (nSPS) is 20.0. The van der Waals surface area contributed by atoms with Crippen molar-refractivity contribution in [3.8, 4) is 0 Å². The lowest BCUT2D eigenvalue weighted by atomic mass is 10.1. The van der Waals surface area contributed by atoms with E-state index < -0.39 is 23.8 Å². The number of carbonyl (C=O) groups is 4. The quantitative estimate of drug-likeness (QED) is 0.502. The highest BCUT2D eigenvalue weighted by molar-refractivity contribution is 7.98. The van der Waals surface area contributed by atoms with E-state index in [-0.39, 0.29) is 24.3 Å². The summed E-state index contributed by atoms with van der Waals surface area (Å²) in [5, 5.41) is 5.67. The first kappa shape index (κ1) is 23.3. The van der Waals surface area contributed by atoms with E-state index in [2.05, 4.69) is 15.4 Å². The maximum absolute atomic E-state index is 12.7. The topological polar surface area (TPSA) is 117 Å². The van der Waals surface area contributed by atoms with Gasteiger partial charge in [0.25, 0.3) is 5.91 Å². The molecule has 0 aromatic rings. The van der Waals surface area contributed by atoms with Crippen LogP contribution in [0.15, 0.2) is 0 Å². The molecular weight excluding hydrogens is 396 g/mol. The molecule has 2 unspecified atom stereocenters. The number of amides is 4. The molecule has 1 saturated carbocycles. The molecule has 29 heavy (non-hydrogen) atoms. The van der Waals surface area contributed by atoms with Crippen LogP contribution in [-0.4, -0.2) is 64.7 Å². The summed E-state index contributed by atoms with van der Waals surface area (Å²) in [6.45, 7) is 7.23. The van der Waals surface area contributed by atoms with Gasteiger partial charge >= 0.3 is 6.09 Å². The van der Waals surface area contributed by atoms with Crippen LogP contribution in [0.3, 0.4) is 0 Å². The lowest BCUT2D eigenvalue weighted by Crippen LogP contribution is -2.53. The van der Waals surface area contributed by atoms with Crippen molar-refractivity contribution in [3.05, 3.63) is 0 Å². The van der Waals surface area contributed by atoms with Crippen LogP contribution in [0.25, 0.3) is 0 Å². The number of carbonyl (C=O) groups excluding carboxylic acids is 4. The SMILES string of the molecule is CCC(NC(=O)C1CCCN1C(=O)CNC(=O)OC(C)(C)C)C(=O)NSC1CC1. The smallest absolute Gasteiger partial charge is 0.408 e. The summed E-state index contributed by atoms with van der Waals surface area (Å²) in [4.78, 5) is 50.7. The van der Waals surface area contributed by atoms with Crippen molar-refractivity contribution in [2.45, 2.75) is 82.7 Å². The van der Waals surface area contributed by atoms with Gasteiger partial charge in [0.1, 0.15) is 24.2 Å². The summed E-state index contributed by atoms with van der Waals surface area (Å²) in [6, 6.07) is -1.27. The fourth-order valence-corrected chi connectivity index (χ4v) is 3.72. The number of nitrogens with zero attached hydrogens (tertiary/aromatic N) is 1. The predicted octanol–water partition coefficient (Wildman–Crippen LogP) is 1.32. The molecule has 3 N–H and O–H groups in total. The highest BCUT2D eigenvalue weighted by Gasteiger charge is 2.36. The minimum absolute atomic E-state index is 0.222. The standard InChI is InChI=1S/C19H32N4O5S/c1-5-13(16(25)22-29-12-8-9-12)21-17(26)14-7-6-10-23(14)15(24)11-20-18(27)28-19(2,3)4/h12-14H,5-11H2,1-4H3,(H,20,27)(H,21,26)(H,22,25). The second kappa shape index (κ2) is 10.2. The van der Waals surface area contributed by atoms with Crippen molar-refractivity contribution in [1.29, 1.82) is 0 Å². The first-order chi connectivity index (χ1) is 13.6. The molecule has 2 rings (SSSR count). The van der Waals surface area contributed by atoms with Crippen LogP contribution in [0.4, 0.5) is 4.79 Å². The van der Waals surface area contributed by atoms with Gasteiger partial charge < -0.3 is 20.3 Å². The van der Waals surface area contributed by atoms with Crippen LogP contribution < -0.4 is 15.4 Å². The zero-order chi connectivity index (χ0) is 21.6. The Morgan fingerprint density at radius 3 is 2.45 bits per heavy atom. The summed E-state index contributed by atoms with van der Waals surface area (Å²) >= 11 is 1.40. The number of hydrogen-bond acceptors (Lipinski definition) is 6. The first-order valence-electron chi connectivity index (χ1n) is 10.1. The van der Waals surface area contributed by atoms with Gasteiger partial charge in [-0.05, 0) is 64.8 Å². The molecule has 2 atom stereocenters. The van der Waals surface area contributed by atoms with Crippen molar-refractivity contribution in [3.63, 3.8) is 0 Å². The van der Waals surface area contributed by atoms with Crippen molar-refractivity contribution in [2.24, 2.45) is 0 Å². The molecule has 2 aliphatic rings. The third-order valence-electron chi connectivity index (χ3n) is 4.55. The average molecular weight is 429 g/mol. The van der Waals surface area contributed by atoms with Crippen molar-refractivity contribution >= 4 is 35.8 Å². The Kier molecular flexibility index (Phi) is 8.18. The Hall–Kier alpha value is -1.97. The predicted molar refractivity (Wildman–Crippen MR) is 110 cm³/mol. The number of rotatable bonds is 8. The van der Waals surface area contributed by atoms with Gasteiger partial charge in [0.05, 0.1) is 0 Å². The Balaban J connectivity index is 1.84. The van der Waals surface area contributed by atoms with E-state index in [1.165, 1.54) is 16.8 Å². The van der Waals surface area contributed by atoms with E-state index in [4.69, 9.17) is 4.74 Å². The van der Waals surface area contributed by atoms with Crippen LogP contribution in [0.2, 0.25) is 0 Å². The van der Waals surface area contributed by atoms with Crippen LogP contribution in [0.5, 0.6) is 0 Å². The van der Waals surface area contributed by atoms with Gasteiger partial charge in [-0.25, -0.2) is 4.79 Å². The highest BCUT2D eigenvalue weighted by Crippen LogP contribution is 2.31. The van der Waals surface area contributed by atoms with E-state index in [1.54, 1.807) is 20.8 Å². The molecule has 1 aliphatic carbocycles. The summed E-state index contributed by atoms with van der Waals surface area (Å²) in [5.74, 6) is -0.915. The first-order valence-corrected chi connectivity index (χ1v) is 11.0. The lowest BCUT2D eigenvalue weighted by Gasteiger charge is -2.26. The Morgan fingerprint density at radius 2 is 1.86 bits per heavy atom. The van der Waals surface area contributed by atoms with Gasteiger partial charge in [0, 0.05) is 11.8 Å². The second-order valence-electron chi connectivity index (χ2n) is 8.35. The zero-order valence-electron chi connectivity index (χ0n) is 17.6. The summed E-state index contributed by atoms with van der Waals surface area (Å²) in [5.41, 5.74) is -0.656. The molecule has 9 nitrogen and oxygen atoms in total. The molecule has 1 heterocycles.